The average Bonchev–Trinajstić information content (AvgIpc) is 3.54. The van der Waals surface area contributed by atoms with Crippen molar-refractivity contribution in [2.45, 2.75) is 52.0 Å². The van der Waals surface area contributed by atoms with Gasteiger partial charge in [0.25, 0.3) is 0 Å². The summed E-state index contributed by atoms with van der Waals surface area (Å²) in [7, 11) is 0. The minimum Gasteiger partial charge on any atom is -0.349 e. The van der Waals surface area contributed by atoms with Gasteiger partial charge in [0.1, 0.15) is 5.82 Å². The predicted octanol–water partition coefficient (Wildman–Crippen LogP) is 2.62. The van der Waals surface area contributed by atoms with E-state index in [2.05, 4.69) is 68.2 Å². The summed E-state index contributed by atoms with van der Waals surface area (Å²) in [5.41, 5.74) is 1.20. The monoisotopic (exact) mass is 410 g/mol. The Labute approximate surface area is 179 Å². The van der Waals surface area contributed by atoms with Crippen LogP contribution in [-0.4, -0.2) is 58.4 Å². The minimum atomic E-state index is 0.0879. The third kappa shape index (κ3) is 4.83. The van der Waals surface area contributed by atoms with Crippen LogP contribution in [0.2, 0.25) is 0 Å². The van der Waals surface area contributed by atoms with Crippen LogP contribution in [0.4, 0.5) is 0 Å². The molecule has 1 atom stereocenters. The second-order valence-electron chi connectivity index (χ2n) is 8.90. The Hall–Kier alpha value is -2.41. The average molecular weight is 411 g/mol. The van der Waals surface area contributed by atoms with Gasteiger partial charge in [-0.2, -0.15) is 0 Å². The molecule has 1 unspecified atom stereocenters. The fourth-order valence-corrected chi connectivity index (χ4v) is 4.20. The van der Waals surface area contributed by atoms with Crippen molar-refractivity contribution in [1.29, 1.82) is 0 Å². The molecule has 1 aromatic carbocycles. The van der Waals surface area contributed by atoms with Crippen LogP contribution >= 0.6 is 0 Å². The highest BCUT2D eigenvalue weighted by molar-refractivity contribution is 5.81. The first-order valence-electron chi connectivity index (χ1n) is 11.3. The Morgan fingerprint density at radius 1 is 1.10 bits per heavy atom. The highest BCUT2D eigenvalue weighted by Crippen LogP contribution is 2.30. The molecule has 1 saturated heterocycles. The Kier molecular flexibility index (Phi) is 6.37. The minimum absolute atomic E-state index is 0.0879. The number of nitrogens with zero attached hydrogens (tertiary/aromatic N) is 5. The number of hydrogen-bond acceptors (Lipinski definition) is 5. The standard InChI is InChI=1S/C23H34N6O/c1-17(2)22-26-25-18(3)29(22)28-15-13-27(14-16-28)12-11-21(19-7-5-4-6-8-19)24-23(30)20-9-10-20/h4-8,17,20-21H,9-16H2,1-3H3,(H,24,30). The third-order valence-corrected chi connectivity index (χ3v) is 6.17. The number of rotatable bonds is 8. The number of carbonyl (C=O) groups excluding carboxylic acids is 1. The molecule has 1 aromatic heterocycles. The molecule has 7 heteroatoms. The lowest BCUT2D eigenvalue weighted by Gasteiger charge is -2.38. The number of benzene rings is 1. The number of aromatic nitrogens is 3. The van der Waals surface area contributed by atoms with E-state index < -0.39 is 0 Å². The van der Waals surface area contributed by atoms with Crippen LogP contribution in [0.5, 0.6) is 0 Å². The zero-order valence-corrected chi connectivity index (χ0v) is 18.4. The number of aryl methyl sites for hydroxylation is 1. The molecule has 1 amide bonds. The van der Waals surface area contributed by atoms with Crippen molar-refractivity contribution in [2.75, 3.05) is 37.7 Å². The van der Waals surface area contributed by atoms with Crippen molar-refractivity contribution in [3.05, 3.63) is 47.5 Å². The molecule has 162 valence electrons. The Morgan fingerprint density at radius 2 is 1.80 bits per heavy atom. The Balaban J connectivity index is 1.33. The molecule has 1 N–H and O–H groups in total. The molecule has 1 saturated carbocycles. The second-order valence-corrected chi connectivity index (χ2v) is 8.90. The van der Waals surface area contributed by atoms with E-state index in [0.717, 1.165) is 63.6 Å². The first-order valence-corrected chi connectivity index (χ1v) is 11.3. The van der Waals surface area contributed by atoms with Crippen LogP contribution in [0, 0.1) is 12.8 Å². The molecule has 0 radical (unpaired) electrons. The highest BCUT2D eigenvalue weighted by atomic mass is 16.2. The van der Waals surface area contributed by atoms with Gasteiger partial charge in [0.2, 0.25) is 5.91 Å². The number of hydrogen-bond donors (Lipinski definition) is 1. The molecule has 0 bridgehead atoms. The summed E-state index contributed by atoms with van der Waals surface area (Å²) in [6.45, 7) is 11.3. The van der Waals surface area contributed by atoms with E-state index in [1.807, 2.05) is 13.0 Å². The van der Waals surface area contributed by atoms with E-state index >= 15 is 0 Å². The lowest BCUT2D eigenvalue weighted by atomic mass is 10.0. The van der Waals surface area contributed by atoms with E-state index in [1.54, 1.807) is 0 Å². The SMILES string of the molecule is Cc1nnc(C(C)C)n1N1CCN(CCC(NC(=O)C2CC2)c2ccccc2)CC1. The zero-order chi connectivity index (χ0) is 21.1. The quantitative estimate of drug-likeness (QED) is 0.725. The van der Waals surface area contributed by atoms with Crippen LogP contribution in [0.25, 0.3) is 0 Å². The van der Waals surface area contributed by atoms with Crippen molar-refractivity contribution in [3.8, 4) is 0 Å². The van der Waals surface area contributed by atoms with Crippen LogP contribution in [0.1, 0.15) is 62.3 Å². The summed E-state index contributed by atoms with van der Waals surface area (Å²) in [6.07, 6.45) is 3.01. The maximum atomic E-state index is 12.4. The van der Waals surface area contributed by atoms with E-state index in [4.69, 9.17) is 0 Å². The zero-order valence-electron chi connectivity index (χ0n) is 18.4. The fourth-order valence-electron chi connectivity index (χ4n) is 4.20. The number of amides is 1. The third-order valence-electron chi connectivity index (χ3n) is 6.17. The van der Waals surface area contributed by atoms with Gasteiger partial charge in [0.15, 0.2) is 5.82 Å². The summed E-state index contributed by atoms with van der Waals surface area (Å²) in [6, 6.07) is 10.5. The van der Waals surface area contributed by atoms with Crippen molar-refractivity contribution in [2.24, 2.45) is 5.92 Å². The summed E-state index contributed by atoms with van der Waals surface area (Å²) >= 11 is 0. The summed E-state index contributed by atoms with van der Waals surface area (Å²) in [4.78, 5) is 14.9. The normalized spacial score (nSPS) is 18.6. The molecule has 7 nitrogen and oxygen atoms in total. The van der Waals surface area contributed by atoms with Crippen LogP contribution in [-0.2, 0) is 4.79 Å². The van der Waals surface area contributed by atoms with E-state index in [9.17, 15) is 4.79 Å². The van der Waals surface area contributed by atoms with E-state index in [0.29, 0.717) is 5.92 Å². The molecule has 30 heavy (non-hydrogen) atoms. The van der Waals surface area contributed by atoms with Gasteiger partial charge in [-0.15, -0.1) is 10.2 Å². The van der Waals surface area contributed by atoms with Gasteiger partial charge >= 0.3 is 0 Å². The van der Waals surface area contributed by atoms with Crippen molar-refractivity contribution < 1.29 is 4.79 Å². The Bertz CT molecular complexity index is 837. The fraction of sp³-hybridized carbons (Fsp3) is 0.609. The maximum absolute atomic E-state index is 12.4. The molecule has 2 aliphatic rings. The molecule has 1 aliphatic carbocycles. The largest absolute Gasteiger partial charge is 0.349 e. The maximum Gasteiger partial charge on any atom is 0.223 e. The van der Waals surface area contributed by atoms with Crippen LogP contribution in [0.15, 0.2) is 30.3 Å². The molecule has 1 aliphatic heterocycles. The first kappa shape index (κ1) is 20.8. The van der Waals surface area contributed by atoms with Crippen molar-refractivity contribution in [3.63, 3.8) is 0 Å². The van der Waals surface area contributed by atoms with Gasteiger partial charge in [-0.05, 0) is 31.7 Å². The van der Waals surface area contributed by atoms with Crippen molar-refractivity contribution >= 4 is 5.91 Å². The predicted molar refractivity (Wildman–Crippen MR) is 118 cm³/mol. The Morgan fingerprint density at radius 3 is 2.43 bits per heavy atom. The number of carbonyl (C=O) groups is 1. The molecular formula is C23H34N6O. The highest BCUT2D eigenvalue weighted by Gasteiger charge is 2.31. The van der Waals surface area contributed by atoms with Gasteiger partial charge in [-0.25, -0.2) is 4.68 Å². The van der Waals surface area contributed by atoms with E-state index in [-0.39, 0.29) is 17.9 Å². The van der Waals surface area contributed by atoms with E-state index in [1.165, 1.54) is 5.56 Å². The lowest BCUT2D eigenvalue weighted by Crippen LogP contribution is -2.52. The number of nitrogens with one attached hydrogen (secondary N) is 1. The molecule has 2 heterocycles. The summed E-state index contributed by atoms with van der Waals surface area (Å²) in [5, 5.41) is 14.3. The van der Waals surface area contributed by atoms with Crippen LogP contribution < -0.4 is 10.3 Å². The van der Waals surface area contributed by atoms with Gasteiger partial charge in [-0.3, -0.25) is 9.69 Å². The van der Waals surface area contributed by atoms with Gasteiger partial charge in [0.05, 0.1) is 6.04 Å². The van der Waals surface area contributed by atoms with Gasteiger partial charge in [-0.1, -0.05) is 44.2 Å². The topological polar surface area (TPSA) is 66.3 Å². The summed E-state index contributed by atoms with van der Waals surface area (Å²) in [5.74, 6) is 2.80. The van der Waals surface area contributed by atoms with Crippen molar-refractivity contribution in [1.82, 2.24) is 25.1 Å². The molecule has 2 fully saturated rings. The molecule has 0 spiro atoms. The summed E-state index contributed by atoms with van der Waals surface area (Å²) < 4.78 is 2.20. The molecule has 4 rings (SSSR count). The van der Waals surface area contributed by atoms with Gasteiger partial charge < -0.3 is 10.3 Å². The van der Waals surface area contributed by atoms with Crippen LogP contribution in [0.3, 0.4) is 0 Å². The first-order chi connectivity index (χ1) is 14.5. The van der Waals surface area contributed by atoms with Gasteiger partial charge in [0, 0.05) is 44.6 Å². The molecular weight excluding hydrogens is 376 g/mol. The number of piperazine rings is 1. The smallest absolute Gasteiger partial charge is 0.223 e. The molecule has 2 aromatic rings. The lowest BCUT2D eigenvalue weighted by molar-refractivity contribution is -0.123. The second kappa shape index (κ2) is 9.16.